The summed E-state index contributed by atoms with van der Waals surface area (Å²) in [5.74, 6) is 1.09. The van der Waals surface area contributed by atoms with Crippen molar-refractivity contribution in [3.8, 4) is 11.6 Å². The van der Waals surface area contributed by atoms with E-state index < -0.39 is 0 Å². The maximum Gasteiger partial charge on any atom is 0.323 e. The lowest BCUT2D eigenvalue weighted by molar-refractivity contribution is -0.149. The van der Waals surface area contributed by atoms with Gasteiger partial charge in [-0.2, -0.15) is 0 Å². The third-order valence-electron chi connectivity index (χ3n) is 4.11. The number of aromatic nitrogens is 1. The first kappa shape index (κ1) is 19.9. The Morgan fingerprint density at radius 1 is 1.08 bits per heavy atom. The van der Waals surface area contributed by atoms with Crippen LogP contribution in [-0.2, 0) is 16.1 Å². The predicted molar refractivity (Wildman–Crippen MR) is 102 cm³/mol. The van der Waals surface area contributed by atoms with E-state index in [9.17, 15) is 4.79 Å². The van der Waals surface area contributed by atoms with Gasteiger partial charge in [0.15, 0.2) is 0 Å². The molecule has 0 aliphatic rings. The third kappa shape index (κ3) is 6.15. The summed E-state index contributed by atoms with van der Waals surface area (Å²) in [7, 11) is 0. The molecule has 140 valence electrons. The summed E-state index contributed by atoms with van der Waals surface area (Å²) in [4.78, 5) is 16.8. The second kappa shape index (κ2) is 9.92. The zero-order valence-corrected chi connectivity index (χ0v) is 15.9. The van der Waals surface area contributed by atoms with E-state index in [0.717, 1.165) is 6.42 Å². The topological polar surface area (TPSA) is 60.5 Å². The number of rotatable bonds is 9. The van der Waals surface area contributed by atoms with Crippen LogP contribution in [0.4, 0.5) is 0 Å². The summed E-state index contributed by atoms with van der Waals surface area (Å²) >= 11 is 0. The number of pyridine rings is 1. The molecule has 0 aliphatic carbocycles. The fourth-order valence-electron chi connectivity index (χ4n) is 2.40. The molecule has 5 heteroatoms. The number of carbonyl (C=O) groups excluding carboxylic acids is 1. The van der Waals surface area contributed by atoms with Gasteiger partial charge in [-0.15, -0.1) is 0 Å². The maximum atomic E-state index is 12.4. The smallest absolute Gasteiger partial charge is 0.323 e. The number of nitrogens with zero attached hydrogens (tertiary/aromatic N) is 1. The number of para-hydroxylation sites is 1. The second-order valence-corrected chi connectivity index (χ2v) is 6.69. The molecule has 2 aromatic rings. The average Bonchev–Trinajstić information content (AvgIpc) is 2.65. The van der Waals surface area contributed by atoms with Crippen LogP contribution in [-0.4, -0.2) is 23.0 Å². The average molecular weight is 356 g/mol. The first-order valence-corrected chi connectivity index (χ1v) is 9.11. The van der Waals surface area contributed by atoms with Crippen LogP contribution < -0.4 is 10.1 Å². The summed E-state index contributed by atoms with van der Waals surface area (Å²) in [6, 6.07) is 14.8. The fourth-order valence-corrected chi connectivity index (χ4v) is 2.40. The van der Waals surface area contributed by atoms with Crippen LogP contribution in [0.5, 0.6) is 11.6 Å². The van der Waals surface area contributed by atoms with Crippen molar-refractivity contribution >= 4 is 5.97 Å². The van der Waals surface area contributed by atoms with E-state index in [0.29, 0.717) is 17.3 Å². The van der Waals surface area contributed by atoms with Crippen molar-refractivity contribution in [1.82, 2.24) is 10.3 Å². The zero-order valence-electron chi connectivity index (χ0n) is 15.9. The maximum absolute atomic E-state index is 12.4. The van der Waals surface area contributed by atoms with Crippen LogP contribution in [0, 0.1) is 5.92 Å². The number of ether oxygens (including phenoxy) is 2. The molecule has 2 rings (SSSR count). The largest absolute Gasteiger partial charge is 0.458 e. The van der Waals surface area contributed by atoms with Gasteiger partial charge in [-0.3, -0.25) is 4.79 Å². The minimum atomic E-state index is -0.325. The van der Waals surface area contributed by atoms with Gasteiger partial charge < -0.3 is 14.8 Å². The predicted octanol–water partition coefficient (Wildman–Crippen LogP) is 4.33. The van der Waals surface area contributed by atoms with Crippen molar-refractivity contribution in [2.75, 3.05) is 0 Å². The molecule has 1 N–H and O–H groups in total. The normalized spacial score (nSPS) is 13.3. The van der Waals surface area contributed by atoms with E-state index in [2.05, 4.69) is 24.1 Å². The fraction of sp³-hybridized carbons (Fsp3) is 0.429. The van der Waals surface area contributed by atoms with Crippen LogP contribution in [0.15, 0.2) is 48.5 Å². The molecule has 0 aliphatic heterocycles. The minimum Gasteiger partial charge on any atom is -0.458 e. The molecule has 5 nitrogen and oxygen atoms in total. The highest BCUT2D eigenvalue weighted by Gasteiger charge is 2.24. The Bertz CT molecular complexity index is 689. The van der Waals surface area contributed by atoms with Crippen LogP contribution in [0.1, 0.15) is 39.8 Å². The number of esters is 1. The Labute approximate surface area is 155 Å². The molecule has 2 atom stereocenters. The lowest BCUT2D eigenvalue weighted by Gasteiger charge is -2.24. The number of hydrogen-bond donors (Lipinski definition) is 1. The Morgan fingerprint density at radius 3 is 2.46 bits per heavy atom. The Kier molecular flexibility index (Phi) is 7.60. The van der Waals surface area contributed by atoms with Crippen molar-refractivity contribution in [3.05, 3.63) is 54.2 Å². The van der Waals surface area contributed by atoms with Crippen LogP contribution in [0.3, 0.4) is 0 Å². The minimum absolute atomic E-state index is 0.121. The van der Waals surface area contributed by atoms with E-state index >= 15 is 0 Å². The Morgan fingerprint density at radius 2 is 1.81 bits per heavy atom. The molecule has 1 aromatic heterocycles. The molecule has 1 aromatic carbocycles. The van der Waals surface area contributed by atoms with Gasteiger partial charge in [-0.25, -0.2) is 4.98 Å². The van der Waals surface area contributed by atoms with Gasteiger partial charge in [0.25, 0.3) is 0 Å². The highest BCUT2D eigenvalue weighted by atomic mass is 16.5. The van der Waals surface area contributed by atoms with Gasteiger partial charge in [0.2, 0.25) is 5.88 Å². The number of hydrogen-bond acceptors (Lipinski definition) is 5. The van der Waals surface area contributed by atoms with E-state index in [-0.39, 0.29) is 30.6 Å². The highest BCUT2D eigenvalue weighted by molar-refractivity contribution is 5.76. The summed E-state index contributed by atoms with van der Waals surface area (Å²) < 4.78 is 11.2. The summed E-state index contributed by atoms with van der Waals surface area (Å²) in [6.45, 7) is 8.29. The molecule has 0 bridgehead atoms. The Hall–Kier alpha value is -2.40. The van der Waals surface area contributed by atoms with Crippen LogP contribution in [0.25, 0.3) is 0 Å². The van der Waals surface area contributed by atoms with E-state index in [1.165, 1.54) is 0 Å². The third-order valence-corrected chi connectivity index (χ3v) is 4.11. The van der Waals surface area contributed by atoms with Crippen LogP contribution >= 0.6 is 0 Å². The van der Waals surface area contributed by atoms with E-state index in [4.69, 9.17) is 9.47 Å². The number of carbonyl (C=O) groups is 1. The van der Waals surface area contributed by atoms with Crippen molar-refractivity contribution < 1.29 is 14.3 Å². The molecule has 0 radical (unpaired) electrons. The Balaban J connectivity index is 1.95. The lowest BCUT2D eigenvalue weighted by atomic mass is 10.0. The van der Waals surface area contributed by atoms with Gasteiger partial charge >= 0.3 is 5.97 Å². The highest BCUT2D eigenvalue weighted by Crippen LogP contribution is 2.19. The SMILES string of the molecule is CCC(C)NC(C(=O)OCc1cccc(Oc2ccccc2)n1)C(C)C. The quantitative estimate of drug-likeness (QED) is 0.678. The molecule has 0 saturated carbocycles. The molecule has 2 unspecified atom stereocenters. The van der Waals surface area contributed by atoms with Gasteiger partial charge in [-0.05, 0) is 37.5 Å². The van der Waals surface area contributed by atoms with Gasteiger partial charge in [0.1, 0.15) is 18.4 Å². The molecular weight excluding hydrogens is 328 g/mol. The van der Waals surface area contributed by atoms with Crippen molar-refractivity contribution in [2.24, 2.45) is 5.92 Å². The first-order chi connectivity index (χ1) is 12.5. The van der Waals surface area contributed by atoms with E-state index in [1.54, 1.807) is 6.07 Å². The number of nitrogens with one attached hydrogen (secondary N) is 1. The summed E-state index contributed by atoms with van der Waals surface area (Å²) in [5, 5.41) is 3.33. The van der Waals surface area contributed by atoms with Crippen molar-refractivity contribution in [1.29, 1.82) is 0 Å². The lowest BCUT2D eigenvalue weighted by Crippen LogP contribution is -2.46. The molecule has 0 spiro atoms. The monoisotopic (exact) mass is 356 g/mol. The molecule has 0 saturated heterocycles. The summed E-state index contributed by atoms with van der Waals surface area (Å²) in [6.07, 6.45) is 0.955. The van der Waals surface area contributed by atoms with Gasteiger partial charge in [0.05, 0.1) is 5.69 Å². The molecule has 0 fully saturated rings. The van der Waals surface area contributed by atoms with Crippen molar-refractivity contribution in [2.45, 2.75) is 52.8 Å². The molecular formula is C21H28N2O3. The van der Waals surface area contributed by atoms with Gasteiger partial charge in [-0.1, -0.05) is 45.0 Å². The molecule has 1 heterocycles. The van der Waals surface area contributed by atoms with Gasteiger partial charge in [0, 0.05) is 12.1 Å². The summed E-state index contributed by atoms with van der Waals surface area (Å²) in [5.41, 5.74) is 0.651. The first-order valence-electron chi connectivity index (χ1n) is 9.11. The second-order valence-electron chi connectivity index (χ2n) is 6.69. The van der Waals surface area contributed by atoms with Crippen LogP contribution in [0.2, 0.25) is 0 Å². The number of benzene rings is 1. The molecule has 0 amide bonds. The zero-order chi connectivity index (χ0) is 18.9. The van der Waals surface area contributed by atoms with E-state index in [1.807, 2.05) is 56.3 Å². The molecule has 26 heavy (non-hydrogen) atoms. The standard InChI is InChI=1S/C21H28N2O3/c1-5-16(4)22-20(15(2)3)21(24)25-14-17-10-9-13-19(23-17)26-18-11-7-6-8-12-18/h6-13,15-16,20,22H,5,14H2,1-4H3. The van der Waals surface area contributed by atoms with Crippen molar-refractivity contribution in [3.63, 3.8) is 0 Å².